The van der Waals surface area contributed by atoms with Crippen LogP contribution in [0.3, 0.4) is 0 Å². The first kappa shape index (κ1) is 12.1. The molecule has 0 unspecified atom stereocenters. The van der Waals surface area contributed by atoms with Gasteiger partial charge in [-0.15, -0.1) is 0 Å². The monoisotopic (exact) mass is 209 g/mol. The molecule has 1 heterocycles. The summed E-state index contributed by atoms with van der Waals surface area (Å²) in [5.41, 5.74) is 0. The first-order chi connectivity index (χ1) is 7.15. The summed E-state index contributed by atoms with van der Waals surface area (Å²) < 4.78 is 1.83. The lowest BCUT2D eigenvalue weighted by atomic mass is 9.98. The molecule has 0 aliphatic rings. The number of nitrogens with one attached hydrogen (secondary N) is 1. The second-order valence-corrected chi connectivity index (χ2v) is 4.37. The van der Waals surface area contributed by atoms with Gasteiger partial charge in [0, 0.05) is 25.4 Å². The summed E-state index contributed by atoms with van der Waals surface area (Å²) in [5.74, 6) is 1.78. The van der Waals surface area contributed by atoms with Gasteiger partial charge in [0.05, 0.1) is 0 Å². The normalized spacial score (nSPS) is 14.9. The Hall–Kier alpha value is -0.990. The van der Waals surface area contributed by atoms with Crippen molar-refractivity contribution >= 4 is 5.82 Å². The van der Waals surface area contributed by atoms with Crippen molar-refractivity contribution in [2.24, 2.45) is 13.0 Å². The Morgan fingerprint density at radius 3 is 2.60 bits per heavy atom. The Morgan fingerprint density at radius 2 is 2.13 bits per heavy atom. The molecule has 3 nitrogen and oxygen atoms in total. The third-order valence-electron chi connectivity index (χ3n) is 2.94. The SMILES string of the molecule is CC[C@H](C)C[C@@H](CC)Nc1ccn(C)n1. The molecule has 0 saturated carbocycles. The lowest BCUT2D eigenvalue weighted by molar-refractivity contribution is 0.461. The predicted molar refractivity (Wildman–Crippen MR) is 65.0 cm³/mol. The maximum Gasteiger partial charge on any atom is 0.148 e. The fourth-order valence-corrected chi connectivity index (χ4v) is 1.68. The first-order valence-corrected chi connectivity index (χ1v) is 5.91. The van der Waals surface area contributed by atoms with Crippen LogP contribution >= 0.6 is 0 Å². The third kappa shape index (κ3) is 3.94. The van der Waals surface area contributed by atoms with Gasteiger partial charge in [0.2, 0.25) is 0 Å². The average molecular weight is 209 g/mol. The zero-order valence-corrected chi connectivity index (χ0v) is 10.3. The summed E-state index contributed by atoms with van der Waals surface area (Å²) in [7, 11) is 1.95. The minimum atomic E-state index is 0.551. The van der Waals surface area contributed by atoms with E-state index in [0.717, 1.165) is 18.2 Å². The molecule has 1 aromatic rings. The lowest BCUT2D eigenvalue weighted by Gasteiger charge is -2.19. The molecule has 0 saturated heterocycles. The van der Waals surface area contributed by atoms with Gasteiger partial charge in [0.15, 0.2) is 0 Å². The van der Waals surface area contributed by atoms with Crippen LogP contribution in [0.1, 0.15) is 40.0 Å². The van der Waals surface area contributed by atoms with Gasteiger partial charge < -0.3 is 5.32 Å². The van der Waals surface area contributed by atoms with Gasteiger partial charge in [-0.05, 0) is 18.8 Å². The van der Waals surface area contributed by atoms with Crippen molar-refractivity contribution in [2.45, 2.75) is 46.1 Å². The number of aryl methyl sites for hydroxylation is 1. The highest BCUT2D eigenvalue weighted by Crippen LogP contribution is 2.15. The Kier molecular flexibility index (Phi) is 4.66. The standard InChI is InChI=1S/C12H23N3/c1-5-10(3)9-11(6-2)13-12-7-8-15(4)14-12/h7-8,10-11H,5-6,9H2,1-4H3,(H,13,14)/t10-,11+/m0/s1. The van der Waals surface area contributed by atoms with Crippen molar-refractivity contribution in [1.82, 2.24) is 9.78 Å². The molecule has 2 atom stereocenters. The number of aromatic nitrogens is 2. The summed E-state index contributed by atoms with van der Waals surface area (Å²) >= 11 is 0. The molecule has 0 aromatic carbocycles. The van der Waals surface area contributed by atoms with Gasteiger partial charge in [-0.3, -0.25) is 4.68 Å². The smallest absolute Gasteiger partial charge is 0.148 e. The van der Waals surface area contributed by atoms with E-state index in [1.54, 1.807) is 0 Å². The highest BCUT2D eigenvalue weighted by Gasteiger charge is 2.10. The number of nitrogens with zero attached hydrogens (tertiary/aromatic N) is 2. The maximum absolute atomic E-state index is 4.34. The molecule has 1 aromatic heterocycles. The number of hydrogen-bond acceptors (Lipinski definition) is 2. The first-order valence-electron chi connectivity index (χ1n) is 5.91. The van der Waals surface area contributed by atoms with E-state index in [9.17, 15) is 0 Å². The van der Waals surface area contributed by atoms with Crippen molar-refractivity contribution in [2.75, 3.05) is 5.32 Å². The fraction of sp³-hybridized carbons (Fsp3) is 0.750. The van der Waals surface area contributed by atoms with Crippen LogP contribution in [0.2, 0.25) is 0 Å². The molecule has 15 heavy (non-hydrogen) atoms. The second kappa shape index (κ2) is 5.79. The largest absolute Gasteiger partial charge is 0.366 e. The van der Waals surface area contributed by atoms with E-state index >= 15 is 0 Å². The van der Waals surface area contributed by atoms with E-state index in [-0.39, 0.29) is 0 Å². The summed E-state index contributed by atoms with van der Waals surface area (Å²) in [6.45, 7) is 6.78. The van der Waals surface area contributed by atoms with Crippen LogP contribution in [0, 0.1) is 5.92 Å². The van der Waals surface area contributed by atoms with Crippen molar-refractivity contribution in [3.05, 3.63) is 12.3 Å². The highest BCUT2D eigenvalue weighted by molar-refractivity contribution is 5.33. The van der Waals surface area contributed by atoms with Gasteiger partial charge in [0.1, 0.15) is 5.82 Å². The zero-order chi connectivity index (χ0) is 11.3. The van der Waals surface area contributed by atoms with Crippen LogP contribution in [0.4, 0.5) is 5.82 Å². The molecule has 3 heteroatoms. The van der Waals surface area contributed by atoms with Crippen molar-refractivity contribution in [1.29, 1.82) is 0 Å². The molecular formula is C12H23N3. The molecule has 0 bridgehead atoms. The molecule has 0 aliphatic heterocycles. The maximum atomic E-state index is 4.34. The quantitative estimate of drug-likeness (QED) is 0.780. The van der Waals surface area contributed by atoms with Gasteiger partial charge in [-0.25, -0.2) is 0 Å². The van der Waals surface area contributed by atoms with Gasteiger partial charge in [-0.2, -0.15) is 5.10 Å². The van der Waals surface area contributed by atoms with E-state index in [1.807, 2.05) is 24.0 Å². The lowest BCUT2D eigenvalue weighted by Crippen LogP contribution is -2.21. The Bertz CT molecular complexity index is 280. The summed E-state index contributed by atoms with van der Waals surface area (Å²) in [4.78, 5) is 0. The van der Waals surface area contributed by atoms with Gasteiger partial charge in [-0.1, -0.05) is 27.2 Å². The minimum Gasteiger partial charge on any atom is -0.366 e. The minimum absolute atomic E-state index is 0.551. The molecule has 0 fully saturated rings. The van der Waals surface area contributed by atoms with E-state index < -0.39 is 0 Å². The molecule has 86 valence electrons. The Labute approximate surface area is 92.9 Å². The van der Waals surface area contributed by atoms with Gasteiger partial charge in [0.25, 0.3) is 0 Å². The Morgan fingerprint density at radius 1 is 1.40 bits per heavy atom. The molecular weight excluding hydrogens is 186 g/mol. The fourth-order valence-electron chi connectivity index (χ4n) is 1.68. The highest BCUT2D eigenvalue weighted by atomic mass is 15.3. The van der Waals surface area contributed by atoms with E-state index in [0.29, 0.717) is 6.04 Å². The van der Waals surface area contributed by atoms with Crippen molar-refractivity contribution in [3.8, 4) is 0 Å². The summed E-state index contributed by atoms with van der Waals surface area (Å²) in [6.07, 6.45) is 5.60. The van der Waals surface area contributed by atoms with Gasteiger partial charge >= 0.3 is 0 Å². The number of anilines is 1. The van der Waals surface area contributed by atoms with Crippen LogP contribution in [0.5, 0.6) is 0 Å². The van der Waals surface area contributed by atoms with E-state index in [4.69, 9.17) is 0 Å². The van der Waals surface area contributed by atoms with Crippen LogP contribution in [0.25, 0.3) is 0 Å². The average Bonchev–Trinajstić information content (AvgIpc) is 2.62. The molecule has 0 aliphatic carbocycles. The van der Waals surface area contributed by atoms with E-state index in [2.05, 4.69) is 31.2 Å². The molecule has 0 spiro atoms. The second-order valence-electron chi connectivity index (χ2n) is 4.37. The molecule has 0 amide bonds. The van der Waals surface area contributed by atoms with E-state index in [1.165, 1.54) is 12.8 Å². The van der Waals surface area contributed by atoms with Crippen LogP contribution in [-0.4, -0.2) is 15.8 Å². The Balaban J connectivity index is 2.46. The zero-order valence-electron chi connectivity index (χ0n) is 10.3. The number of rotatable bonds is 6. The van der Waals surface area contributed by atoms with Crippen LogP contribution in [0.15, 0.2) is 12.3 Å². The summed E-state index contributed by atoms with van der Waals surface area (Å²) in [5, 5.41) is 7.82. The van der Waals surface area contributed by atoms with Crippen LogP contribution in [-0.2, 0) is 7.05 Å². The molecule has 1 rings (SSSR count). The van der Waals surface area contributed by atoms with Crippen molar-refractivity contribution in [3.63, 3.8) is 0 Å². The number of hydrogen-bond donors (Lipinski definition) is 1. The van der Waals surface area contributed by atoms with Crippen molar-refractivity contribution < 1.29 is 0 Å². The van der Waals surface area contributed by atoms with Crippen LogP contribution < -0.4 is 5.32 Å². The third-order valence-corrected chi connectivity index (χ3v) is 2.94. The molecule has 0 radical (unpaired) electrons. The summed E-state index contributed by atoms with van der Waals surface area (Å²) in [6, 6.07) is 2.58. The topological polar surface area (TPSA) is 29.9 Å². The molecule has 1 N–H and O–H groups in total. The predicted octanol–water partition coefficient (Wildman–Crippen LogP) is 3.05.